The average Bonchev–Trinajstić information content (AvgIpc) is 2.50. The van der Waals surface area contributed by atoms with Gasteiger partial charge in [0.05, 0.1) is 0 Å². The standard InChI is InChI=1S/C10H12OSi/c1-11-12-10-7-6-8-4-2-3-5-9(8)10/h2-7,10H,12H2,1H3. The Morgan fingerprint density at radius 1 is 1.33 bits per heavy atom. The fourth-order valence-corrected chi connectivity index (χ4v) is 2.81. The highest BCUT2D eigenvalue weighted by atomic mass is 28.2. The molecule has 1 aliphatic rings. The van der Waals surface area contributed by atoms with Crippen LogP contribution in [0, 0.1) is 0 Å². The van der Waals surface area contributed by atoms with Crippen LogP contribution in [0.5, 0.6) is 0 Å². The maximum Gasteiger partial charge on any atom is 0.172 e. The Morgan fingerprint density at radius 2 is 2.17 bits per heavy atom. The maximum atomic E-state index is 5.27. The van der Waals surface area contributed by atoms with Crippen LogP contribution in [0.15, 0.2) is 30.3 Å². The van der Waals surface area contributed by atoms with Gasteiger partial charge in [0.15, 0.2) is 9.76 Å². The summed E-state index contributed by atoms with van der Waals surface area (Å²) in [6.07, 6.45) is 4.46. The van der Waals surface area contributed by atoms with Crippen LogP contribution in [0.1, 0.15) is 16.7 Å². The van der Waals surface area contributed by atoms with Gasteiger partial charge in [-0.05, 0) is 11.1 Å². The van der Waals surface area contributed by atoms with Gasteiger partial charge in [-0.25, -0.2) is 0 Å². The van der Waals surface area contributed by atoms with E-state index in [9.17, 15) is 0 Å². The van der Waals surface area contributed by atoms with Gasteiger partial charge >= 0.3 is 0 Å². The number of hydrogen-bond acceptors (Lipinski definition) is 1. The number of allylic oxidation sites excluding steroid dienone is 1. The first kappa shape index (κ1) is 7.77. The van der Waals surface area contributed by atoms with Crippen molar-refractivity contribution in [3.63, 3.8) is 0 Å². The van der Waals surface area contributed by atoms with E-state index >= 15 is 0 Å². The Kier molecular flexibility index (Phi) is 2.10. The molecule has 0 amide bonds. The van der Waals surface area contributed by atoms with Crippen LogP contribution < -0.4 is 0 Å². The molecule has 0 N–H and O–H groups in total. The lowest BCUT2D eigenvalue weighted by atomic mass is 10.1. The van der Waals surface area contributed by atoms with Gasteiger partial charge in [0, 0.05) is 12.7 Å². The molecule has 1 aromatic carbocycles. The van der Waals surface area contributed by atoms with Crippen molar-refractivity contribution in [3.8, 4) is 0 Å². The van der Waals surface area contributed by atoms with Gasteiger partial charge < -0.3 is 4.43 Å². The quantitative estimate of drug-likeness (QED) is 0.620. The van der Waals surface area contributed by atoms with Crippen LogP contribution in [0.25, 0.3) is 6.08 Å². The minimum absolute atomic E-state index is 0.397. The zero-order valence-electron chi connectivity index (χ0n) is 7.16. The van der Waals surface area contributed by atoms with Crippen LogP contribution in [0.2, 0.25) is 0 Å². The third-order valence-corrected chi connectivity index (χ3v) is 3.65. The molecule has 0 saturated heterocycles. The van der Waals surface area contributed by atoms with Gasteiger partial charge in [0.1, 0.15) is 0 Å². The predicted octanol–water partition coefficient (Wildman–Crippen LogP) is 1.48. The van der Waals surface area contributed by atoms with E-state index in [1.54, 1.807) is 7.11 Å². The first-order valence-corrected chi connectivity index (χ1v) is 5.57. The van der Waals surface area contributed by atoms with Gasteiger partial charge in [-0.1, -0.05) is 36.4 Å². The summed E-state index contributed by atoms with van der Waals surface area (Å²) in [5.74, 6) is 0. The van der Waals surface area contributed by atoms with Gasteiger partial charge in [-0.3, -0.25) is 0 Å². The second-order valence-corrected chi connectivity index (χ2v) is 4.84. The predicted molar refractivity (Wildman–Crippen MR) is 53.8 cm³/mol. The lowest BCUT2D eigenvalue weighted by molar-refractivity contribution is 0.437. The van der Waals surface area contributed by atoms with Gasteiger partial charge in [0.25, 0.3) is 0 Å². The third-order valence-electron chi connectivity index (χ3n) is 2.25. The molecule has 12 heavy (non-hydrogen) atoms. The Bertz CT molecular complexity index is 306. The highest BCUT2D eigenvalue weighted by Crippen LogP contribution is 2.28. The Balaban J connectivity index is 2.30. The molecule has 1 aliphatic carbocycles. The van der Waals surface area contributed by atoms with Crippen molar-refractivity contribution in [3.05, 3.63) is 41.5 Å². The van der Waals surface area contributed by atoms with Crippen molar-refractivity contribution in [2.24, 2.45) is 0 Å². The molecule has 1 atom stereocenters. The van der Waals surface area contributed by atoms with E-state index in [2.05, 4.69) is 36.4 Å². The Morgan fingerprint density at radius 3 is 3.00 bits per heavy atom. The minimum Gasteiger partial charge on any atom is -0.426 e. The van der Waals surface area contributed by atoms with Crippen LogP contribution in [-0.2, 0) is 4.43 Å². The fourth-order valence-electron chi connectivity index (χ4n) is 1.65. The van der Waals surface area contributed by atoms with Crippen molar-refractivity contribution in [1.29, 1.82) is 0 Å². The maximum absolute atomic E-state index is 5.27. The number of rotatable bonds is 2. The molecular weight excluding hydrogens is 164 g/mol. The molecule has 0 fully saturated rings. The van der Waals surface area contributed by atoms with Gasteiger partial charge in [-0.15, -0.1) is 0 Å². The van der Waals surface area contributed by atoms with E-state index in [0.717, 1.165) is 0 Å². The molecule has 0 saturated carbocycles. The highest BCUT2D eigenvalue weighted by Gasteiger charge is 2.16. The molecule has 0 heterocycles. The normalized spacial score (nSPS) is 20.6. The van der Waals surface area contributed by atoms with Crippen LogP contribution >= 0.6 is 0 Å². The average molecular weight is 176 g/mol. The molecule has 1 nitrogen and oxygen atoms in total. The zero-order valence-corrected chi connectivity index (χ0v) is 8.57. The van der Waals surface area contributed by atoms with Crippen LogP contribution in [0.4, 0.5) is 0 Å². The van der Waals surface area contributed by atoms with E-state index in [4.69, 9.17) is 4.43 Å². The van der Waals surface area contributed by atoms with Crippen molar-refractivity contribution in [2.45, 2.75) is 5.54 Å². The summed E-state index contributed by atoms with van der Waals surface area (Å²) in [5.41, 5.74) is 3.42. The molecule has 2 rings (SSSR count). The molecule has 2 heteroatoms. The summed E-state index contributed by atoms with van der Waals surface area (Å²) in [6, 6.07) is 8.55. The van der Waals surface area contributed by atoms with E-state index in [0.29, 0.717) is 5.54 Å². The number of hydrogen-bond donors (Lipinski definition) is 0. The summed E-state index contributed by atoms with van der Waals surface area (Å²) in [5, 5.41) is 0. The van der Waals surface area contributed by atoms with Crippen molar-refractivity contribution in [2.75, 3.05) is 7.11 Å². The largest absolute Gasteiger partial charge is 0.426 e. The molecule has 0 spiro atoms. The molecule has 1 aromatic rings. The second-order valence-electron chi connectivity index (χ2n) is 3.05. The fraction of sp³-hybridized carbons (Fsp3) is 0.200. The molecule has 0 aromatic heterocycles. The molecule has 0 aliphatic heterocycles. The van der Waals surface area contributed by atoms with E-state index in [-0.39, 0.29) is 0 Å². The minimum atomic E-state index is -0.397. The SMILES string of the molecule is CO[SiH2]C1C=Cc2ccccc21. The number of fused-ring (bicyclic) bond motifs is 1. The Labute approximate surface area is 75.0 Å². The van der Waals surface area contributed by atoms with Crippen molar-refractivity contribution >= 4 is 15.8 Å². The lowest BCUT2D eigenvalue weighted by Crippen LogP contribution is -2.05. The van der Waals surface area contributed by atoms with E-state index < -0.39 is 9.76 Å². The smallest absolute Gasteiger partial charge is 0.172 e. The lowest BCUT2D eigenvalue weighted by Gasteiger charge is -2.07. The third kappa shape index (κ3) is 1.23. The van der Waals surface area contributed by atoms with E-state index in [1.165, 1.54) is 11.1 Å². The first-order valence-electron chi connectivity index (χ1n) is 4.18. The highest BCUT2D eigenvalue weighted by molar-refractivity contribution is 6.31. The zero-order chi connectivity index (χ0) is 8.39. The topological polar surface area (TPSA) is 9.23 Å². The number of benzene rings is 1. The molecular formula is C10H12OSi. The molecule has 62 valence electrons. The Hall–Kier alpha value is -0.863. The van der Waals surface area contributed by atoms with E-state index in [1.807, 2.05) is 0 Å². The summed E-state index contributed by atoms with van der Waals surface area (Å²) < 4.78 is 5.27. The van der Waals surface area contributed by atoms with Crippen LogP contribution in [0.3, 0.4) is 0 Å². The first-order chi connectivity index (χ1) is 5.92. The summed E-state index contributed by atoms with van der Waals surface area (Å²) in [6.45, 7) is 0. The van der Waals surface area contributed by atoms with Gasteiger partial charge in [0.2, 0.25) is 0 Å². The molecule has 0 radical (unpaired) electrons. The monoisotopic (exact) mass is 176 g/mol. The summed E-state index contributed by atoms with van der Waals surface area (Å²) in [7, 11) is 1.41. The van der Waals surface area contributed by atoms with Crippen molar-refractivity contribution in [1.82, 2.24) is 0 Å². The van der Waals surface area contributed by atoms with Crippen molar-refractivity contribution < 1.29 is 4.43 Å². The summed E-state index contributed by atoms with van der Waals surface area (Å²) in [4.78, 5) is 0. The summed E-state index contributed by atoms with van der Waals surface area (Å²) >= 11 is 0. The molecule has 0 bridgehead atoms. The molecule has 1 unspecified atom stereocenters. The second kappa shape index (κ2) is 3.25. The van der Waals surface area contributed by atoms with Crippen LogP contribution in [-0.4, -0.2) is 16.9 Å². The van der Waals surface area contributed by atoms with Gasteiger partial charge in [-0.2, -0.15) is 0 Å².